The molecule has 160 valence electrons. The van der Waals surface area contributed by atoms with Gasteiger partial charge in [-0.05, 0) is 49.0 Å². The van der Waals surface area contributed by atoms with Crippen LogP contribution in [0.15, 0.2) is 54.7 Å². The number of rotatable bonds is 6. The summed E-state index contributed by atoms with van der Waals surface area (Å²) in [5.74, 6) is 0.0858. The van der Waals surface area contributed by atoms with E-state index in [0.717, 1.165) is 30.2 Å². The summed E-state index contributed by atoms with van der Waals surface area (Å²) < 4.78 is 5.41. The van der Waals surface area contributed by atoms with Gasteiger partial charge in [0.2, 0.25) is 0 Å². The van der Waals surface area contributed by atoms with E-state index in [2.05, 4.69) is 20.9 Å². The second kappa shape index (κ2) is 9.57. The molecular formula is C24H26N4O3. The standard InChI is InChI=1S/C24H26N4O3/c1-31-21-12-11-19(17-8-2-3-9-18(17)21)23(29)28-20-10-6-14-26-22(20)24(30)27-15-16-7-4-5-13-25-16/h2-3,6,8-12,14,16,25H,4-5,7,13,15H2,1H3,(H,27,30)(H,28,29)/t16-/m1/s1. The minimum atomic E-state index is -0.310. The number of aromatic nitrogens is 1. The van der Waals surface area contributed by atoms with Gasteiger partial charge in [0.05, 0.1) is 12.8 Å². The third-order valence-electron chi connectivity index (χ3n) is 5.54. The van der Waals surface area contributed by atoms with Gasteiger partial charge in [0, 0.05) is 29.7 Å². The lowest BCUT2D eigenvalue weighted by atomic mass is 10.0. The molecule has 2 heterocycles. The van der Waals surface area contributed by atoms with Gasteiger partial charge in [-0.3, -0.25) is 9.59 Å². The van der Waals surface area contributed by atoms with Crippen LogP contribution in [0.1, 0.15) is 40.1 Å². The molecule has 1 aliphatic heterocycles. The third kappa shape index (κ3) is 4.67. The topological polar surface area (TPSA) is 92.3 Å². The molecule has 1 aromatic heterocycles. The predicted octanol–water partition coefficient (Wildman–Crippen LogP) is 3.37. The molecular weight excluding hydrogens is 392 g/mol. The molecule has 2 aromatic carbocycles. The van der Waals surface area contributed by atoms with Crippen molar-refractivity contribution in [1.82, 2.24) is 15.6 Å². The first-order valence-corrected chi connectivity index (χ1v) is 10.5. The molecule has 1 saturated heterocycles. The lowest BCUT2D eigenvalue weighted by molar-refractivity contribution is 0.0943. The Morgan fingerprint density at radius 2 is 1.90 bits per heavy atom. The Bertz CT molecular complexity index is 1090. The van der Waals surface area contributed by atoms with E-state index in [9.17, 15) is 9.59 Å². The van der Waals surface area contributed by atoms with Gasteiger partial charge >= 0.3 is 0 Å². The van der Waals surface area contributed by atoms with Crippen molar-refractivity contribution in [2.45, 2.75) is 25.3 Å². The fraction of sp³-hybridized carbons (Fsp3) is 0.292. The SMILES string of the molecule is COc1ccc(C(=O)Nc2cccnc2C(=O)NC[C@H]2CCCCN2)c2ccccc12. The molecule has 7 nitrogen and oxygen atoms in total. The molecule has 1 atom stereocenters. The van der Waals surface area contributed by atoms with Crippen LogP contribution in [0.25, 0.3) is 10.8 Å². The average molecular weight is 418 g/mol. The fourth-order valence-corrected chi connectivity index (χ4v) is 3.92. The minimum absolute atomic E-state index is 0.199. The number of ether oxygens (including phenoxy) is 1. The molecule has 2 amide bonds. The van der Waals surface area contributed by atoms with Crippen molar-refractivity contribution in [3.8, 4) is 5.75 Å². The molecule has 0 aliphatic carbocycles. The van der Waals surface area contributed by atoms with E-state index in [0.29, 0.717) is 23.5 Å². The quantitative estimate of drug-likeness (QED) is 0.571. The van der Waals surface area contributed by atoms with E-state index in [1.54, 1.807) is 37.6 Å². The van der Waals surface area contributed by atoms with Crippen molar-refractivity contribution in [2.24, 2.45) is 0 Å². The molecule has 0 bridgehead atoms. The number of fused-ring (bicyclic) bond motifs is 1. The number of nitrogens with one attached hydrogen (secondary N) is 3. The van der Waals surface area contributed by atoms with Crippen molar-refractivity contribution in [2.75, 3.05) is 25.5 Å². The molecule has 4 rings (SSSR count). The highest BCUT2D eigenvalue weighted by Crippen LogP contribution is 2.29. The monoisotopic (exact) mass is 418 g/mol. The number of hydrogen-bond acceptors (Lipinski definition) is 5. The first-order valence-electron chi connectivity index (χ1n) is 10.5. The zero-order valence-electron chi connectivity index (χ0n) is 17.5. The fourth-order valence-electron chi connectivity index (χ4n) is 3.92. The molecule has 0 spiro atoms. The maximum Gasteiger partial charge on any atom is 0.272 e. The van der Waals surface area contributed by atoms with E-state index in [4.69, 9.17) is 4.74 Å². The summed E-state index contributed by atoms with van der Waals surface area (Å²) in [7, 11) is 1.60. The van der Waals surface area contributed by atoms with Crippen LogP contribution in [0.5, 0.6) is 5.75 Å². The molecule has 1 aliphatic rings. The summed E-state index contributed by atoms with van der Waals surface area (Å²) in [5, 5.41) is 10.8. The second-order valence-electron chi connectivity index (χ2n) is 7.57. The number of pyridine rings is 1. The predicted molar refractivity (Wildman–Crippen MR) is 121 cm³/mol. The van der Waals surface area contributed by atoms with Crippen molar-refractivity contribution in [3.63, 3.8) is 0 Å². The number of anilines is 1. The van der Waals surface area contributed by atoms with Crippen LogP contribution in [0.2, 0.25) is 0 Å². The normalized spacial score (nSPS) is 16.0. The zero-order chi connectivity index (χ0) is 21.6. The molecule has 3 aromatic rings. The number of piperidine rings is 1. The maximum atomic E-state index is 13.1. The Labute approximate surface area is 181 Å². The summed E-state index contributed by atoms with van der Waals surface area (Å²) in [4.78, 5) is 30.1. The second-order valence-corrected chi connectivity index (χ2v) is 7.57. The van der Waals surface area contributed by atoms with Gasteiger partial charge in [0.1, 0.15) is 5.75 Å². The van der Waals surface area contributed by atoms with Crippen LogP contribution in [-0.2, 0) is 0 Å². The molecule has 0 saturated carbocycles. The van der Waals surface area contributed by atoms with Crippen LogP contribution in [0, 0.1) is 0 Å². The Morgan fingerprint density at radius 3 is 2.68 bits per heavy atom. The summed E-state index contributed by atoms with van der Waals surface area (Å²) in [6.45, 7) is 1.51. The maximum absolute atomic E-state index is 13.1. The van der Waals surface area contributed by atoms with Gasteiger partial charge in [-0.2, -0.15) is 0 Å². The number of hydrogen-bond donors (Lipinski definition) is 3. The zero-order valence-corrected chi connectivity index (χ0v) is 17.5. The first-order chi connectivity index (χ1) is 15.2. The Morgan fingerprint density at radius 1 is 1.06 bits per heavy atom. The van der Waals surface area contributed by atoms with E-state index < -0.39 is 0 Å². The molecule has 7 heteroatoms. The summed E-state index contributed by atoms with van der Waals surface area (Å²) in [5.41, 5.74) is 1.07. The Kier molecular flexibility index (Phi) is 6.43. The average Bonchev–Trinajstić information content (AvgIpc) is 2.82. The van der Waals surface area contributed by atoms with Gasteiger partial charge in [-0.15, -0.1) is 0 Å². The number of carbonyl (C=O) groups is 2. The molecule has 31 heavy (non-hydrogen) atoms. The van der Waals surface area contributed by atoms with Crippen molar-refractivity contribution in [3.05, 3.63) is 66.0 Å². The lowest BCUT2D eigenvalue weighted by Crippen LogP contribution is -2.43. The summed E-state index contributed by atoms with van der Waals surface area (Å²) in [6.07, 6.45) is 4.91. The van der Waals surface area contributed by atoms with Crippen molar-refractivity contribution < 1.29 is 14.3 Å². The molecule has 0 radical (unpaired) electrons. The van der Waals surface area contributed by atoms with Crippen molar-refractivity contribution >= 4 is 28.3 Å². The number of carbonyl (C=O) groups excluding carboxylic acids is 2. The van der Waals surface area contributed by atoms with E-state index in [1.807, 2.05) is 24.3 Å². The highest BCUT2D eigenvalue weighted by molar-refractivity contribution is 6.15. The Hall–Kier alpha value is -3.45. The van der Waals surface area contributed by atoms with E-state index in [1.165, 1.54) is 6.42 Å². The summed E-state index contributed by atoms with van der Waals surface area (Å²) >= 11 is 0. The molecule has 3 N–H and O–H groups in total. The number of benzene rings is 2. The van der Waals surface area contributed by atoms with Gasteiger partial charge in [0.15, 0.2) is 5.69 Å². The van der Waals surface area contributed by atoms with Gasteiger partial charge in [0.25, 0.3) is 11.8 Å². The van der Waals surface area contributed by atoms with Crippen molar-refractivity contribution in [1.29, 1.82) is 0 Å². The number of nitrogens with zero attached hydrogens (tertiary/aromatic N) is 1. The van der Waals surface area contributed by atoms with Crippen LogP contribution >= 0.6 is 0 Å². The summed E-state index contributed by atoms with van der Waals surface area (Å²) in [6, 6.07) is 14.7. The smallest absolute Gasteiger partial charge is 0.272 e. The van der Waals surface area contributed by atoms with Crippen LogP contribution < -0.4 is 20.7 Å². The van der Waals surface area contributed by atoms with Gasteiger partial charge in [-0.1, -0.05) is 30.7 Å². The largest absolute Gasteiger partial charge is 0.496 e. The Balaban J connectivity index is 1.53. The van der Waals surface area contributed by atoms with Crippen LogP contribution in [0.4, 0.5) is 5.69 Å². The van der Waals surface area contributed by atoms with Crippen LogP contribution in [-0.4, -0.2) is 43.0 Å². The molecule has 1 fully saturated rings. The highest BCUT2D eigenvalue weighted by Gasteiger charge is 2.19. The molecule has 0 unspecified atom stereocenters. The first kappa shape index (κ1) is 20.8. The number of amides is 2. The van der Waals surface area contributed by atoms with Gasteiger partial charge < -0.3 is 20.7 Å². The number of methoxy groups -OCH3 is 1. The highest BCUT2D eigenvalue weighted by atomic mass is 16.5. The third-order valence-corrected chi connectivity index (χ3v) is 5.54. The van der Waals surface area contributed by atoms with E-state index >= 15 is 0 Å². The lowest BCUT2D eigenvalue weighted by Gasteiger charge is -2.23. The van der Waals surface area contributed by atoms with Gasteiger partial charge in [-0.25, -0.2) is 4.98 Å². The minimum Gasteiger partial charge on any atom is -0.496 e. The van der Waals surface area contributed by atoms with E-state index in [-0.39, 0.29) is 23.6 Å². The van der Waals surface area contributed by atoms with Crippen LogP contribution in [0.3, 0.4) is 0 Å².